The monoisotopic (exact) mass is 204 g/mol. The van der Waals surface area contributed by atoms with Crippen LogP contribution in [0.5, 0.6) is 5.75 Å². The number of rotatable bonds is 1. The predicted octanol–water partition coefficient (Wildman–Crippen LogP) is 3.60. The van der Waals surface area contributed by atoms with Crippen LogP contribution < -0.4 is 4.74 Å². The Bertz CT molecular complexity index is 360. The second-order valence-electron chi connectivity index (χ2n) is 5.81. The molecule has 0 saturated heterocycles. The van der Waals surface area contributed by atoms with Crippen molar-refractivity contribution < 1.29 is 4.74 Å². The van der Waals surface area contributed by atoms with Crippen molar-refractivity contribution in [3.63, 3.8) is 0 Å². The number of ether oxygens (including phenoxy) is 1. The van der Waals surface area contributed by atoms with Gasteiger partial charge in [-0.05, 0) is 36.0 Å². The van der Waals surface area contributed by atoms with Gasteiger partial charge in [-0.25, -0.2) is 0 Å². The molecular formula is C14H20O. The highest BCUT2D eigenvalue weighted by Crippen LogP contribution is 2.31. The molecule has 15 heavy (non-hydrogen) atoms. The van der Waals surface area contributed by atoms with Crippen molar-refractivity contribution in [3.8, 4) is 5.75 Å². The maximum Gasteiger partial charge on any atom is 0.123 e. The Morgan fingerprint density at radius 2 is 2.07 bits per heavy atom. The van der Waals surface area contributed by atoms with Gasteiger partial charge in [0, 0.05) is 6.42 Å². The zero-order valence-corrected chi connectivity index (χ0v) is 10.1. The topological polar surface area (TPSA) is 9.23 Å². The fourth-order valence-electron chi connectivity index (χ4n) is 2.17. The number of hydrogen-bond acceptors (Lipinski definition) is 1. The lowest BCUT2D eigenvalue weighted by atomic mass is 9.88. The summed E-state index contributed by atoms with van der Waals surface area (Å²) in [6.07, 6.45) is 2.52. The average Bonchev–Trinajstić information content (AvgIpc) is 2.40. The molecule has 1 aliphatic heterocycles. The molecule has 1 aromatic carbocycles. The molecule has 0 unspecified atom stereocenters. The third kappa shape index (κ3) is 2.53. The molecular weight excluding hydrogens is 184 g/mol. The molecule has 0 amide bonds. The maximum absolute atomic E-state index is 5.76. The van der Waals surface area contributed by atoms with E-state index in [1.54, 1.807) is 0 Å². The van der Waals surface area contributed by atoms with Gasteiger partial charge in [-0.3, -0.25) is 0 Å². The van der Waals surface area contributed by atoms with Crippen LogP contribution in [0.2, 0.25) is 0 Å². The SMILES string of the molecule is C[C@H]1Cc2ccc(CC(C)(C)C)cc2O1. The molecule has 0 aromatic heterocycles. The van der Waals surface area contributed by atoms with Gasteiger partial charge in [-0.15, -0.1) is 0 Å². The third-order valence-electron chi connectivity index (χ3n) is 2.70. The molecule has 0 spiro atoms. The normalized spacial score (nSPS) is 19.9. The Hall–Kier alpha value is -0.980. The van der Waals surface area contributed by atoms with E-state index in [1.165, 1.54) is 11.1 Å². The smallest absolute Gasteiger partial charge is 0.123 e. The molecule has 2 rings (SSSR count). The summed E-state index contributed by atoms with van der Waals surface area (Å²) in [6.45, 7) is 8.93. The van der Waals surface area contributed by atoms with Gasteiger partial charge >= 0.3 is 0 Å². The third-order valence-corrected chi connectivity index (χ3v) is 2.70. The number of fused-ring (bicyclic) bond motifs is 1. The lowest BCUT2D eigenvalue weighted by molar-refractivity contribution is 0.254. The van der Waals surface area contributed by atoms with Gasteiger partial charge in [0.25, 0.3) is 0 Å². The van der Waals surface area contributed by atoms with Gasteiger partial charge < -0.3 is 4.74 Å². The summed E-state index contributed by atoms with van der Waals surface area (Å²) in [5.74, 6) is 1.10. The summed E-state index contributed by atoms with van der Waals surface area (Å²) < 4.78 is 5.76. The van der Waals surface area contributed by atoms with Crippen molar-refractivity contribution in [2.45, 2.75) is 46.6 Å². The van der Waals surface area contributed by atoms with Gasteiger partial charge in [0.2, 0.25) is 0 Å². The Balaban J connectivity index is 2.20. The Morgan fingerprint density at radius 3 is 2.73 bits per heavy atom. The van der Waals surface area contributed by atoms with E-state index in [2.05, 4.69) is 45.9 Å². The van der Waals surface area contributed by atoms with Gasteiger partial charge in [0.1, 0.15) is 11.9 Å². The molecule has 1 aromatic rings. The predicted molar refractivity (Wildman–Crippen MR) is 63.4 cm³/mol. The van der Waals surface area contributed by atoms with Crippen LogP contribution in [-0.2, 0) is 12.8 Å². The molecule has 82 valence electrons. The molecule has 0 bridgehead atoms. The fourth-order valence-corrected chi connectivity index (χ4v) is 2.17. The number of benzene rings is 1. The lowest BCUT2D eigenvalue weighted by Gasteiger charge is -2.18. The van der Waals surface area contributed by atoms with Crippen molar-refractivity contribution in [2.24, 2.45) is 5.41 Å². The second kappa shape index (κ2) is 3.55. The van der Waals surface area contributed by atoms with E-state index in [4.69, 9.17) is 4.74 Å². The first kappa shape index (κ1) is 10.5. The summed E-state index contributed by atoms with van der Waals surface area (Å²) in [5.41, 5.74) is 3.09. The molecule has 1 heteroatoms. The molecule has 1 nitrogen and oxygen atoms in total. The minimum absolute atomic E-state index is 0.346. The van der Waals surface area contributed by atoms with Crippen LogP contribution >= 0.6 is 0 Å². The van der Waals surface area contributed by atoms with Crippen LogP contribution in [0.1, 0.15) is 38.8 Å². The van der Waals surface area contributed by atoms with Crippen LogP contribution in [0.15, 0.2) is 18.2 Å². The van der Waals surface area contributed by atoms with E-state index in [9.17, 15) is 0 Å². The van der Waals surface area contributed by atoms with Gasteiger partial charge in [0.15, 0.2) is 0 Å². The van der Waals surface area contributed by atoms with E-state index in [-0.39, 0.29) is 0 Å². The average molecular weight is 204 g/mol. The van der Waals surface area contributed by atoms with Crippen molar-refractivity contribution in [1.82, 2.24) is 0 Å². The van der Waals surface area contributed by atoms with E-state index in [0.29, 0.717) is 11.5 Å². The highest BCUT2D eigenvalue weighted by atomic mass is 16.5. The standard InChI is InChI=1S/C14H20O/c1-10-7-12-6-5-11(8-13(12)15-10)9-14(2,3)4/h5-6,8,10H,7,9H2,1-4H3/t10-/m0/s1. The minimum Gasteiger partial charge on any atom is -0.490 e. The Labute approximate surface area is 92.5 Å². The fraction of sp³-hybridized carbons (Fsp3) is 0.571. The maximum atomic E-state index is 5.76. The molecule has 0 radical (unpaired) electrons. The molecule has 1 atom stereocenters. The summed E-state index contributed by atoms with van der Waals surface area (Å²) >= 11 is 0. The summed E-state index contributed by atoms with van der Waals surface area (Å²) in [7, 11) is 0. The van der Waals surface area contributed by atoms with Crippen LogP contribution in [-0.4, -0.2) is 6.10 Å². The van der Waals surface area contributed by atoms with Crippen molar-refractivity contribution in [3.05, 3.63) is 29.3 Å². The highest BCUT2D eigenvalue weighted by molar-refractivity contribution is 5.41. The molecule has 0 aliphatic carbocycles. The van der Waals surface area contributed by atoms with E-state index < -0.39 is 0 Å². The second-order valence-corrected chi connectivity index (χ2v) is 5.81. The van der Waals surface area contributed by atoms with Crippen LogP contribution in [0.4, 0.5) is 0 Å². The van der Waals surface area contributed by atoms with E-state index >= 15 is 0 Å². The van der Waals surface area contributed by atoms with Gasteiger partial charge in [0.05, 0.1) is 0 Å². The van der Waals surface area contributed by atoms with Gasteiger partial charge in [-0.2, -0.15) is 0 Å². The van der Waals surface area contributed by atoms with Crippen LogP contribution in [0.3, 0.4) is 0 Å². The number of hydrogen-bond donors (Lipinski definition) is 0. The first-order chi connectivity index (χ1) is 6.94. The summed E-state index contributed by atoms with van der Waals surface area (Å²) in [5, 5.41) is 0. The molecule has 0 fully saturated rings. The quantitative estimate of drug-likeness (QED) is 0.679. The Morgan fingerprint density at radius 1 is 1.33 bits per heavy atom. The highest BCUT2D eigenvalue weighted by Gasteiger charge is 2.20. The minimum atomic E-state index is 0.346. The van der Waals surface area contributed by atoms with Crippen LogP contribution in [0.25, 0.3) is 0 Å². The van der Waals surface area contributed by atoms with Crippen molar-refractivity contribution >= 4 is 0 Å². The molecule has 1 aliphatic rings. The lowest BCUT2D eigenvalue weighted by Crippen LogP contribution is -2.09. The molecule has 0 saturated carbocycles. The largest absolute Gasteiger partial charge is 0.490 e. The summed E-state index contributed by atoms with van der Waals surface area (Å²) in [4.78, 5) is 0. The first-order valence-corrected chi connectivity index (χ1v) is 5.72. The van der Waals surface area contributed by atoms with Crippen molar-refractivity contribution in [2.75, 3.05) is 0 Å². The van der Waals surface area contributed by atoms with Crippen molar-refractivity contribution in [1.29, 1.82) is 0 Å². The van der Waals surface area contributed by atoms with E-state index in [1.807, 2.05) is 0 Å². The van der Waals surface area contributed by atoms with Gasteiger partial charge in [-0.1, -0.05) is 32.9 Å². The first-order valence-electron chi connectivity index (χ1n) is 5.72. The van der Waals surface area contributed by atoms with Crippen LogP contribution in [0, 0.1) is 5.41 Å². The van der Waals surface area contributed by atoms with E-state index in [0.717, 1.165) is 18.6 Å². The summed E-state index contributed by atoms with van der Waals surface area (Å²) in [6, 6.07) is 6.68. The Kier molecular flexibility index (Phi) is 2.49. The molecule has 1 heterocycles. The zero-order valence-electron chi connectivity index (χ0n) is 10.1. The zero-order chi connectivity index (χ0) is 11.1. The molecule has 0 N–H and O–H groups in total.